The molecule has 2 heteroatoms. The van der Waals surface area contributed by atoms with Crippen LogP contribution in [-0.2, 0) is 6.54 Å². The number of benzene rings is 2. The molecule has 2 aromatic rings. The van der Waals surface area contributed by atoms with Crippen molar-refractivity contribution in [3.05, 3.63) is 65.7 Å². The lowest BCUT2D eigenvalue weighted by atomic mass is 10.0. The molecule has 0 spiro atoms. The largest absolute Gasteiger partial charge is 0.496 e. The van der Waals surface area contributed by atoms with E-state index >= 15 is 0 Å². The second-order valence-electron chi connectivity index (χ2n) is 5.36. The quantitative estimate of drug-likeness (QED) is 0.829. The van der Waals surface area contributed by atoms with Crippen LogP contribution in [0.15, 0.2) is 54.6 Å². The Morgan fingerprint density at radius 3 is 2.60 bits per heavy atom. The molecule has 1 fully saturated rings. The molecule has 0 saturated carbocycles. The monoisotopic (exact) mass is 267 g/mol. The Morgan fingerprint density at radius 1 is 1.05 bits per heavy atom. The number of hydrogen-bond acceptors (Lipinski definition) is 2. The predicted molar refractivity (Wildman–Crippen MR) is 81.8 cm³/mol. The summed E-state index contributed by atoms with van der Waals surface area (Å²) < 4.78 is 5.53. The van der Waals surface area contributed by atoms with Gasteiger partial charge in [-0.05, 0) is 31.0 Å². The Balaban J connectivity index is 1.82. The summed E-state index contributed by atoms with van der Waals surface area (Å²) >= 11 is 0. The van der Waals surface area contributed by atoms with E-state index in [0.717, 1.165) is 18.8 Å². The molecule has 2 aromatic carbocycles. The zero-order valence-electron chi connectivity index (χ0n) is 12.0. The minimum Gasteiger partial charge on any atom is -0.496 e. The van der Waals surface area contributed by atoms with Gasteiger partial charge in [-0.2, -0.15) is 0 Å². The molecule has 0 radical (unpaired) electrons. The highest BCUT2D eigenvalue weighted by Gasteiger charge is 2.27. The fourth-order valence-electron chi connectivity index (χ4n) is 3.13. The molecule has 0 aromatic heterocycles. The topological polar surface area (TPSA) is 12.5 Å². The average Bonchev–Trinajstić information content (AvgIpc) is 2.96. The van der Waals surface area contributed by atoms with Crippen LogP contribution in [0.1, 0.15) is 30.0 Å². The van der Waals surface area contributed by atoms with E-state index < -0.39 is 0 Å². The molecule has 0 aliphatic carbocycles. The molecule has 2 nitrogen and oxygen atoms in total. The fourth-order valence-corrected chi connectivity index (χ4v) is 3.13. The second-order valence-corrected chi connectivity index (χ2v) is 5.36. The lowest BCUT2D eigenvalue weighted by Crippen LogP contribution is -2.23. The van der Waals surface area contributed by atoms with Crippen LogP contribution < -0.4 is 4.74 Å². The van der Waals surface area contributed by atoms with Crippen LogP contribution in [0.5, 0.6) is 5.75 Å². The van der Waals surface area contributed by atoms with Gasteiger partial charge < -0.3 is 4.74 Å². The molecule has 1 saturated heterocycles. The minimum absolute atomic E-state index is 0.478. The van der Waals surface area contributed by atoms with Crippen molar-refractivity contribution in [2.75, 3.05) is 13.7 Å². The second kappa shape index (κ2) is 6.10. The van der Waals surface area contributed by atoms with E-state index in [0.29, 0.717) is 6.04 Å². The van der Waals surface area contributed by atoms with Crippen LogP contribution in [0.4, 0.5) is 0 Å². The summed E-state index contributed by atoms with van der Waals surface area (Å²) in [6, 6.07) is 19.6. The molecule has 20 heavy (non-hydrogen) atoms. The normalized spacial score (nSPS) is 19.1. The van der Waals surface area contributed by atoms with Crippen LogP contribution in [0.25, 0.3) is 0 Å². The van der Waals surface area contributed by atoms with Crippen molar-refractivity contribution in [1.29, 1.82) is 0 Å². The maximum atomic E-state index is 5.53. The maximum Gasteiger partial charge on any atom is 0.123 e. The van der Waals surface area contributed by atoms with E-state index in [9.17, 15) is 0 Å². The standard InChI is InChI=1S/C18H21NO/c1-20-18-12-6-5-10-16(18)17-11-7-13-19(17)14-15-8-3-2-4-9-15/h2-6,8-10,12,17H,7,11,13-14H2,1H3. The SMILES string of the molecule is COc1ccccc1C1CCCN1Cc1ccccc1. The van der Waals surface area contributed by atoms with Crippen LogP contribution >= 0.6 is 0 Å². The van der Waals surface area contributed by atoms with E-state index in [4.69, 9.17) is 4.74 Å². The first kappa shape index (κ1) is 13.2. The van der Waals surface area contributed by atoms with Gasteiger partial charge >= 0.3 is 0 Å². The lowest BCUT2D eigenvalue weighted by Gasteiger charge is -2.26. The Labute approximate surface area is 121 Å². The molecule has 104 valence electrons. The summed E-state index contributed by atoms with van der Waals surface area (Å²) in [6.07, 6.45) is 2.47. The highest BCUT2D eigenvalue weighted by atomic mass is 16.5. The number of ether oxygens (including phenoxy) is 1. The van der Waals surface area contributed by atoms with Gasteiger partial charge in [0.1, 0.15) is 5.75 Å². The first-order chi connectivity index (χ1) is 9.88. The molecular formula is C18H21NO. The van der Waals surface area contributed by atoms with E-state index in [-0.39, 0.29) is 0 Å². The molecule has 1 aliphatic rings. The molecule has 0 amide bonds. The van der Waals surface area contributed by atoms with Gasteiger partial charge in [0.15, 0.2) is 0 Å². The van der Waals surface area contributed by atoms with Gasteiger partial charge in [-0.15, -0.1) is 0 Å². The highest BCUT2D eigenvalue weighted by molar-refractivity contribution is 5.36. The first-order valence-electron chi connectivity index (χ1n) is 7.29. The summed E-state index contributed by atoms with van der Waals surface area (Å²) in [5.74, 6) is 1.01. The number of rotatable bonds is 4. The molecule has 1 unspecified atom stereocenters. The molecule has 0 N–H and O–H groups in total. The predicted octanol–water partition coefficient (Wildman–Crippen LogP) is 4.03. The fraction of sp³-hybridized carbons (Fsp3) is 0.333. The van der Waals surface area contributed by atoms with Gasteiger partial charge in [0.05, 0.1) is 7.11 Å². The molecule has 3 rings (SSSR count). The number of likely N-dealkylation sites (tertiary alicyclic amines) is 1. The Morgan fingerprint density at radius 2 is 1.80 bits per heavy atom. The number of nitrogens with zero attached hydrogens (tertiary/aromatic N) is 1. The summed E-state index contributed by atoms with van der Waals surface area (Å²) in [6.45, 7) is 2.18. The zero-order valence-corrected chi connectivity index (χ0v) is 12.0. The van der Waals surface area contributed by atoms with Gasteiger partial charge in [-0.1, -0.05) is 48.5 Å². The molecular weight excluding hydrogens is 246 g/mol. The van der Waals surface area contributed by atoms with Crippen molar-refractivity contribution >= 4 is 0 Å². The van der Waals surface area contributed by atoms with Crippen LogP contribution in [-0.4, -0.2) is 18.6 Å². The van der Waals surface area contributed by atoms with Gasteiger partial charge in [-0.3, -0.25) is 4.90 Å². The summed E-state index contributed by atoms with van der Waals surface area (Å²) in [4.78, 5) is 2.56. The van der Waals surface area contributed by atoms with Crippen molar-refractivity contribution in [1.82, 2.24) is 4.90 Å². The third-order valence-electron chi connectivity index (χ3n) is 4.09. The summed E-state index contributed by atoms with van der Waals surface area (Å²) in [5, 5.41) is 0. The van der Waals surface area contributed by atoms with Crippen molar-refractivity contribution in [2.45, 2.75) is 25.4 Å². The average molecular weight is 267 g/mol. The molecule has 1 atom stereocenters. The number of para-hydroxylation sites is 1. The van der Waals surface area contributed by atoms with Crippen LogP contribution in [0.3, 0.4) is 0 Å². The highest BCUT2D eigenvalue weighted by Crippen LogP contribution is 2.37. The van der Waals surface area contributed by atoms with E-state index in [1.54, 1.807) is 7.11 Å². The van der Waals surface area contributed by atoms with E-state index in [1.165, 1.54) is 24.0 Å². The van der Waals surface area contributed by atoms with Gasteiger partial charge in [0.25, 0.3) is 0 Å². The third-order valence-corrected chi connectivity index (χ3v) is 4.09. The van der Waals surface area contributed by atoms with E-state index in [2.05, 4.69) is 53.4 Å². The zero-order chi connectivity index (χ0) is 13.8. The van der Waals surface area contributed by atoms with E-state index in [1.807, 2.05) is 6.07 Å². The molecule has 1 aliphatic heterocycles. The van der Waals surface area contributed by atoms with Crippen LogP contribution in [0.2, 0.25) is 0 Å². The third kappa shape index (κ3) is 2.70. The van der Waals surface area contributed by atoms with Gasteiger partial charge in [-0.25, -0.2) is 0 Å². The Hall–Kier alpha value is -1.80. The van der Waals surface area contributed by atoms with Gasteiger partial charge in [0.2, 0.25) is 0 Å². The lowest BCUT2D eigenvalue weighted by molar-refractivity contribution is 0.243. The van der Waals surface area contributed by atoms with Crippen molar-refractivity contribution in [3.63, 3.8) is 0 Å². The van der Waals surface area contributed by atoms with Crippen molar-refractivity contribution < 1.29 is 4.74 Å². The Kier molecular flexibility index (Phi) is 4.03. The smallest absolute Gasteiger partial charge is 0.123 e. The maximum absolute atomic E-state index is 5.53. The Bertz CT molecular complexity index is 552. The summed E-state index contributed by atoms with van der Waals surface area (Å²) in [5.41, 5.74) is 2.71. The van der Waals surface area contributed by atoms with Crippen molar-refractivity contribution in [2.24, 2.45) is 0 Å². The summed E-state index contributed by atoms with van der Waals surface area (Å²) in [7, 11) is 1.76. The molecule has 0 bridgehead atoms. The number of methoxy groups -OCH3 is 1. The van der Waals surface area contributed by atoms with Crippen molar-refractivity contribution in [3.8, 4) is 5.75 Å². The van der Waals surface area contributed by atoms with Crippen LogP contribution in [0, 0.1) is 0 Å². The minimum atomic E-state index is 0.478. The number of hydrogen-bond donors (Lipinski definition) is 0. The first-order valence-corrected chi connectivity index (χ1v) is 7.29. The molecule has 1 heterocycles. The van der Waals surface area contributed by atoms with Gasteiger partial charge in [0, 0.05) is 18.2 Å².